The summed E-state index contributed by atoms with van der Waals surface area (Å²) in [6.45, 7) is 0.298. The smallest absolute Gasteiger partial charge is 0.215 e. The minimum atomic E-state index is -3.44. The van der Waals surface area contributed by atoms with Crippen molar-refractivity contribution in [3.05, 3.63) is 69.8 Å². The van der Waals surface area contributed by atoms with Gasteiger partial charge in [-0.05, 0) is 23.8 Å². The van der Waals surface area contributed by atoms with E-state index < -0.39 is 10.0 Å². The lowest BCUT2D eigenvalue weighted by Gasteiger charge is -2.07. The molecule has 25 heavy (non-hydrogen) atoms. The second-order valence-electron chi connectivity index (χ2n) is 5.36. The molecule has 1 N–H and O–H groups in total. The van der Waals surface area contributed by atoms with Gasteiger partial charge in [0.2, 0.25) is 10.0 Å². The molecule has 2 heterocycles. The fourth-order valence-corrected chi connectivity index (χ4v) is 4.52. The lowest BCUT2D eigenvalue weighted by molar-refractivity contribution is 0.580. The van der Waals surface area contributed by atoms with Crippen molar-refractivity contribution in [2.75, 3.05) is 6.54 Å². The van der Waals surface area contributed by atoms with Crippen molar-refractivity contribution in [1.82, 2.24) is 14.7 Å². The summed E-state index contributed by atoms with van der Waals surface area (Å²) >= 11 is 7.52. The molecule has 0 saturated carbocycles. The van der Waals surface area contributed by atoms with Gasteiger partial charge >= 0.3 is 0 Å². The van der Waals surface area contributed by atoms with Gasteiger partial charge in [-0.15, -0.1) is 11.3 Å². The number of nitrogens with one attached hydrogen (secondary N) is 1. The Bertz CT molecular complexity index is 943. The molecule has 2 aromatic heterocycles. The Labute approximate surface area is 155 Å². The summed E-state index contributed by atoms with van der Waals surface area (Å²) < 4.78 is 26.9. The molecule has 0 amide bonds. The van der Waals surface area contributed by atoms with E-state index in [-0.39, 0.29) is 5.75 Å². The van der Waals surface area contributed by atoms with Crippen LogP contribution in [0.2, 0.25) is 5.02 Å². The van der Waals surface area contributed by atoms with E-state index in [1.165, 1.54) is 11.3 Å². The van der Waals surface area contributed by atoms with E-state index >= 15 is 0 Å². The van der Waals surface area contributed by atoms with Gasteiger partial charge in [0, 0.05) is 41.3 Å². The largest absolute Gasteiger partial charge is 0.264 e. The van der Waals surface area contributed by atoms with Crippen molar-refractivity contribution in [3.8, 4) is 11.3 Å². The van der Waals surface area contributed by atoms with E-state index in [0.717, 1.165) is 16.3 Å². The number of aromatic nitrogens is 2. The predicted molar refractivity (Wildman–Crippen MR) is 101 cm³/mol. The lowest BCUT2D eigenvalue weighted by atomic mass is 10.2. The van der Waals surface area contributed by atoms with Crippen molar-refractivity contribution < 1.29 is 8.42 Å². The first-order chi connectivity index (χ1) is 12.0. The monoisotopic (exact) mass is 393 g/mol. The molecule has 8 heteroatoms. The quantitative estimate of drug-likeness (QED) is 0.666. The second-order valence-corrected chi connectivity index (χ2v) is 8.52. The maximum Gasteiger partial charge on any atom is 0.215 e. The van der Waals surface area contributed by atoms with Crippen LogP contribution in [0.3, 0.4) is 0 Å². The Morgan fingerprint density at radius 3 is 2.76 bits per heavy atom. The summed E-state index contributed by atoms with van der Waals surface area (Å²) in [4.78, 5) is 8.59. The molecule has 1 aromatic carbocycles. The fraction of sp³-hybridized carbons (Fsp3) is 0.176. The first-order valence-electron chi connectivity index (χ1n) is 7.59. The highest BCUT2D eigenvalue weighted by Gasteiger charge is 2.13. The molecule has 0 spiro atoms. The summed E-state index contributed by atoms with van der Waals surface area (Å²) in [6, 6.07) is 10.7. The Morgan fingerprint density at radius 1 is 1.16 bits per heavy atom. The molecule has 0 aliphatic rings. The van der Waals surface area contributed by atoms with Crippen LogP contribution in [0.15, 0.2) is 54.2 Å². The van der Waals surface area contributed by atoms with E-state index in [1.54, 1.807) is 36.7 Å². The van der Waals surface area contributed by atoms with E-state index in [0.29, 0.717) is 23.6 Å². The lowest BCUT2D eigenvalue weighted by Crippen LogP contribution is -2.27. The number of hydrogen-bond donors (Lipinski definition) is 1. The van der Waals surface area contributed by atoms with Crippen LogP contribution >= 0.6 is 22.9 Å². The molecule has 0 aliphatic carbocycles. The van der Waals surface area contributed by atoms with E-state index in [9.17, 15) is 8.42 Å². The standard InChI is InChI=1S/C17H16ClN3O2S2/c18-15-6-2-1-4-14(15)12-25(22,23)20-9-7-17-21-16(11-24-17)13-5-3-8-19-10-13/h1-6,8,10-11,20H,7,9,12H2. The van der Waals surface area contributed by atoms with Gasteiger partial charge in [0.15, 0.2) is 0 Å². The van der Waals surface area contributed by atoms with Crippen LogP contribution in [-0.4, -0.2) is 24.9 Å². The number of nitrogens with zero attached hydrogens (tertiary/aromatic N) is 2. The Morgan fingerprint density at radius 2 is 2.00 bits per heavy atom. The molecule has 0 bridgehead atoms. The number of halogens is 1. The van der Waals surface area contributed by atoms with Gasteiger partial charge in [0.05, 0.1) is 16.5 Å². The zero-order valence-electron chi connectivity index (χ0n) is 13.2. The summed E-state index contributed by atoms with van der Waals surface area (Å²) in [5.74, 6) is -0.133. The maximum absolute atomic E-state index is 12.2. The zero-order valence-corrected chi connectivity index (χ0v) is 15.6. The number of hydrogen-bond acceptors (Lipinski definition) is 5. The topological polar surface area (TPSA) is 72.0 Å². The molecule has 5 nitrogen and oxygen atoms in total. The second kappa shape index (κ2) is 8.05. The summed E-state index contributed by atoms with van der Waals surface area (Å²) in [5, 5.41) is 3.28. The fourth-order valence-electron chi connectivity index (χ4n) is 2.26. The summed E-state index contributed by atoms with van der Waals surface area (Å²) in [5.41, 5.74) is 2.39. The van der Waals surface area contributed by atoms with Crippen LogP contribution in [0.1, 0.15) is 10.6 Å². The summed E-state index contributed by atoms with van der Waals surface area (Å²) in [7, 11) is -3.44. The SMILES string of the molecule is O=S(=O)(Cc1ccccc1Cl)NCCc1nc(-c2cccnc2)cs1. The van der Waals surface area contributed by atoms with Crippen molar-refractivity contribution in [2.45, 2.75) is 12.2 Å². The third-order valence-corrected chi connectivity index (χ3v) is 6.09. The number of benzene rings is 1. The molecule has 0 aliphatic heterocycles. The van der Waals surface area contributed by atoms with E-state index in [1.807, 2.05) is 17.5 Å². The zero-order chi connectivity index (χ0) is 17.7. The van der Waals surface area contributed by atoms with Crippen molar-refractivity contribution in [1.29, 1.82) is 0 Å². The van der Waals surface area contributed by atoms with Gasteiger partial charge in [0.1, 0.15) is 0 Å². The van der Waals surface area contributed by atoms with Crippen LogP contribution in [-0.2, 0) is 22.2 Å². The predicted octanol–water partition coefficient (Wildman–Crippen LogP) is 3.52. The Kier molecular flexibility index (Phi) is 5.80. The van der Waals surface area contributed by atoms with Crippen LogP contribution < -0.4 is 4.72 Å². The normalized spacial score (nSPS) is 11.6. The Hall–Kier alpha value is -1.80. The summed E-state index contributed by atoms with van der Waals surface area (Å²) in [6.07, 6.45) is 4.00. The van der Waals surface area contributed by atoms with E-state index in [4.69, 9.17) is 11.6 Å². The first kappa shape index (κ1) is 18.0. The van der Waals surface area contributed by atoms with Crippen LogP contribution in [0.5, 0.6) is 0 Å². The third-order valence-electron chi connectivity index (χ3n) is 3.47. The van der Waals surface area contributed by atoms with Gasteiger partial charge in [-0.2, -0.15) is 0 Å². The van der Waals surface area contributed by atoms with Gasteiger partial charge in [0.25, 0.3) is 0 Å². The number of thiazole rings is 1. The van der Waals surface area contributed by atoms with E-state index in [2.05, 4.69) is 14.7 Å². The molecule has 0 fully saturated rings. The number of sulfonamides is 1. The minimum absolute atomic E-state index is 0.133. The highest BCUT2D eigenvalue weighted by atomic mass is 35.5. The molecule has 3 rings (SSSR count). The highest BCUT2D eigenvalue weighted by Crippen LogP contribution is 2.21. The Balaban J connectivity index is 1.56. The molecular formula is C17H16ClN3O2S2. The van der Waals surface area contributed by atoms with Gasteiger partial charge in [-0.3, -0.25) is 4.98 Å². The number of rotatable bonds is 7. The maximum atomic E-state index is 12.2. The average molecular weight is 394 g/mol. The molecule has 0 unspecified atom stereocenters. The average Bonchev–Trinajstić information content (AvgIpc) is 3.06. The first-order valence-corrected chi connectivity index (χ1v) is 10.5. The molecule has 0 radical (unpaired) electrons. The van der Waals surface area contributed by atoms with Crippen LogP contribution in [0.4, 0.5) is 0 Å². The third kappa shape index (κ3) is 5.09. The molecule has 3 aromatic rings. The van der Waals surface area contributed by atoms with Gasteiger partial charge < -0.3 is 0 Å². The minimum Gasteiger partial charge on any atom is -0.264 e. The van der Waals surface area contributed by atoms with Crippen molar-refractivity contribution in [3.63, 3.8) is 0 Å². The van der Waals surface area contributed by atoms with Crippen LogP contribution in [0.25, 0.3) is 11.3 Å². The molecule has 0 saturated heterocycles. The number of pyridine rings is 1. The van der Waals surface area contributed by atoms with Gasteiger partial charge in [-0.25, -0.2) is 18.1 Å². The molecule has 130 valence electrons. The van der Waals surface area contributed by atoms with Crippen molar-refractivity contribution in [2.24, 2.45) is 0 Å². The molecular weight excluding hydrogens is 378 g/mol. The van der Waals surface area contributed by atoms with Crippen LogP contribution in [0, 0.1) is 0 Å². The van der Waals surface area contributed by atoms with Crippen molar-refractivity contribution >= 4 is 33.0 Å². The van der Waals surface area contributed by atoms with Gasteiger partial charge in [-0.1, -0.05) is 29.8 Å². The highest BCUT2D eigenvalue weighted by molar-refractivity contribution is 7.88. The molecule has 0 atom stereocenters.